The van der Waals surface area contributed by atoms with Gasteiger partial charge in [0, 0.05) is 18.8 Å². The van der Waals surface area contributed by atoms with Gasteiger partial charge in [-0.3, -0.25) is 9.59 Å². The van der Waals surface area contributed by atoms with Gasteiger partial charge in [-0.05, 0) is 12.5 Å². The average molecular weight is 276 g/mol. The molecule has 0 saturated carbocycles. The van der Waals surface area contributed by atoms with Gasteiger partial charge in [0.25, 0.3) is 0 Å². The number of carboxylic acid groups (broad SMARTS) is 2. The second-order valence-electron chi connectivity index (χ2n) is 3.49. The summed E-state index contributed by atoms with van der Waals surface area (Å²) in [6, 6.07) is -0.209. The van der Waals surface area contributed by atoms with Crippen LogP contribution in [0.2, 0.25) is 0 Å². The van der Waals surface area contributed by atoms with Crippen molar-refractivity contribution in [1.29, 1.82) is 0 Å². The second-order valence-corrected chi connectivity index (χ2v) is 5.21. The number of aromatic nitrogens is 1. The van der Waals surface area contributed by atoms with Crippen LogP contribution in [-0.4, -0.2) is 41.6 Å². The van der Waals surface area contributed by atoms with Crippen molar-refractivity contribution in [3.05, 3.63) is 18.5 Å². The van der Waals surface area contributed by atoms with Gasteiger partial charge in [0.1, 0.15) is 6.04 Å². The molecule has 0 spiro atoms. The molecule has 0 saturated heterocycles. The predicted octanol–water partition coefficient (Wildman–Crippen LogP) is -0.389. The Morgan fingerprint density at radius 1 is 1.39 bits per heavy atom. The van der Waals surface area contributed by atoms with Crippen molar-refractivity contribution in [1.82, 2.24) is 9.71 Å². The van der Waals surface area contributed by atoms with Gasteiger partial charge in [-0.15, -0.1) is 0 Å². The third-order valence-electron chi connectivity index (χ3n) is 2.12. The standard InChI is InChI=1S/C9H12N2O6S/c12-8(13)2-1-7(9(14)15)11-18(16,17)6-3-4-10-5-6/h3-5,7,10-11H,1-2H2,(H,12,13)(H,14,15)/t7-/m1/s1. The van der Waals surface area contributed by atoms with Crippen LogP contribution in [0.15, 0.2) is 23.4 Å². The molecule has 0 aromatic carbocycles. The molecule has 1 heterocycles. The third-order valence-corrected chi connectivity index (χ3v) is 3.59. The maximum atomic E-state index is 11.7. The van der Waals surface area contributed by atoms with Gasteiger partial charge < -0.3 is 15.2 Å². The maximum absolute atomic E-state index is 11.7. The Labute approximate surface area is 103 Å². The highest BCUT2D eigenvalue weighted by molar-refractivity contribution is 7.89. The van der Waals surface area contributed by atoms with Gasteiger partial charge in [0.05, 0.1) is 4.90 Å². The van der Waals surface area contributed by atoms with Crippen molar-refractivity contribution in [3.63, 3.8) is 0 Å². The zero-order valence-corrected chi connectivity index (χ0v) is 9.98. The first-order valence-corrected chi connectivity index (χ1v) is 6.41. The molecule has 1 aromatic heterocycles. The molecule has 100 valence electrons. The fourth-order valence-corrected chi connectivity index (χ4v) is 2.43. The number of hydrogen-bond donors (Lipinski definition) is 4. The Bertz CT molecular complexity index is 521. The summed E-state index contributed by atoms with van der Waals surface area (Å²) in [6.45, 7) is 0. The van der Waals surface area contributed by atoms with Crippen molar-refractivity contribution in [2.75, 3.05) is 0 Å². The fourth-order valence-electron chi connectivity index (χ4n) is 1.23. The molecule has 4 N–H and O–H groups in total. The van der Waals surface area contributed by atoms with E-state index in [1.165, 1.54) is 18.5 Å². The summed E-state index contributed by atoms with van der Waals surface area (Å²) < 4.78 is 25.4. The number of aliphatic carboxylic acids is 2. The quantitative estimate of drug-likeness (QED) is 0.535. The topological polar surface area (TPSA) is 137 Å². The Balaban J connectivity index is 2.78. The van der Waals surface area contributed by atoms with Crippen LogP contribution in [0.3, 0.4) is 0 Å². The molecule has 9 heteroatoms. The Kier molecular flexibility index (Phi) is 4.45. The van der Waals surface area contributed by atoms with Gasteiger partial charge in [0.2, 0.25) is 10.0 Å². The highest BCUT2D eigenvalue weighted by atomic mass is 32.2. The van der Waals surface area contributed by atoms with E-state index < -0.39 is 34.4 Å². The van der Waals surface area contributed by atoms with E-state index in [4.69, 9.17) is 10.2 Å². The minimum absolute atomic E-state index is 0.107. The first kappa shape index (κ1) is 14.2. The van der Waals surface area contributed by atoms with Gasteiger partial charge in [-0.25, -0.2) is 8.42 Å². The van der Waals surface area contributed by atoms with E-state index in [1.807, 2.05) is 4.72 Å². The van der Waals surface area contributed by atoms with Crippen molar-refractivity contribution in [2.45, 2.75) is 23.8 Å². The summed E-state index contributed by atoms with van der Waals surface area (Å²) >= 11 is 0. The van der Waals surface area contributed by atoms with E-state index in [0.29, 0.717) is 0 Å². The Morgan fingerprint density at radius 3 is 2.50 bits per heavy atom. The Morgan fingerprint density at radius 2 is 2.06 bits per heavy atom. The van der Waals surface area contributed by atoms with E-state index in [-0.39, 0.29) is 11.3 Å². The molecule has 8 nitrogen and oxygen atoms in total. The smallest absolute Gasteiger partial charge is 0.321 e. The van der Waals surface area contributed by atoms with E-state index in [0.717, 1.165) is 0 Å². The zero-order chi connectivity index (χ0) is 13.8. The van der Waals surface area contributed by atoms with Gasteiger partial charge in [-0.2, -0.15) is 4.72 Å². The number of nitrogens with one attached hydrogen (secondary N) is 2. The Hall–Kier alpha value is -1.87. The summed E-state index contributed by atoms with van der Waals surface area (Å²) in [5.74, 6) is -2.61. The molecule has 0 aliphatic rings. The molecule has 1 aromatic rings. The number of carbonyl (C=O) groups is 2. The highest BCUT2D eigenvalue weighted by Gasteiger charge is 2.26. The highest BCUT2D eigenvalue weighted by Crippen LogP contribution is 2.09. The molecular formula is C9H12N2O6S. The van der Waals surface area contributed by atoms with Crippen LogP contribution in [0.4, 0.5) is 0 Å². The van der Waals surface area contributed by atoms with E-state index in [9.17, 15) is 18.0 Å². The summed E-state index contributed by atoms with van der Waals surface area (Å²) in [5, 5.41) is 17.3. The third kappa shape index (κ3) is 3.86. The molecule has 0 fully saturated rings. The summed E-state index contributed by atoms with van der Waals surface area (Å²) in [7, 11) is -3.96. The van der Waals surface area contributed by atoms with E-state index in [1.54, 1.807) is 0 Å². The summed E-state index contributed by atoms with van der Waals surface area (Å²) in [6.07, 6.45) is 1.81. The number of carboxylic acids is 2. The van der Waals surface area contributed by atoms with Crippen LogP contribution in [0.5, 0.6) is 0 Å². The van der Waals surface area contributed by atoms with Crippen molar-refractivity contribution in [3.8, 4) is 0 Å². The molecule has 1 atom stereocenters. The van der Waals surface area contributed by atoms with Gasteiger partial charge in [0.15, 0.2) is 0 Å². The second kappa shape index (κ2) is 5.65. The largest absolute Gasteiger partial charge is 0.481 e. The van der Waals surface area contributed by atoms with Crippen LogP contribution >= 0.6 is 0 Å². The number of hydrogen-bond acceptors (Lipinski definition) is 4. The normalized spacial score (nSPS) is 13.1. The molecule has 0 radical (unpaired) electrons. The summed E-state index contributed by atoms with van der Waals surface area (Å²) in [4.78, 5) is 23.6. The maximum Gasteiger partial charge on any atom is 0.321 e. The molecule has 18 heavy (non-hydrogen) atoms. The minimum atomic E-state index is -3.96. The fraction of sp³-hybridized carbons (Fsp3) is 0.333. The lowest BCUT2D eigenvalue weighted by Crippen LogP contribution is -2.40. The lowest BCUT2D eigenvalue weighted by Gasteiger charge is -2.12. The lowest BCUT2D eigenvalue weighted by atomic mass is 10.2. The number of rotatable bonds is 7. The van der Waals surface area contributed by atoms with E-state index >= 15 is 0 Å². The summed E-state index contributed by atoms with van der Waals surface area (Å²) in [5.41, 5.74) is 0. The predicted molar refractivity (Wildman–Crippen MR) is 59.4 cm³/mol. The molecule has 0 amide bonds. The van der Waals surface area contributed by atoms with Crippen LogP contribution in [0, 0.1) is 0 Å². The number of aromatic amines is 1. The van der Waals surface area contributed by atoms with Crippen LogP contribution in [0.25, 0.3) is 0 Å². The van der Waals surface area contributed by atoms with Crippen LogP contribution in [-0.2, 0) is 19.6 Å². The van der Waals surface area contributed by atoms with Crippen molar-refractivity contribution in [2.24, 2.45) is 0 Å². The van der Waals surface area contributed by atoms with E-state index in [2.05, 4.69) is 4.98 Å². The van der Waals surface area contributed by atoms with Crippen molar-refractivity contribution < 1.29 is 28.2 Å². The molecular weight excluding hydrogens is 264 g/mol. The monoisotopic (exact) mass is 276 g/mol. The van der Waals surface area contributed by atoms with Crippen LogP contribution < -0.4 is 4.72 Å². The first-order chi connectivity index (χ1) is 8.33. The van der Waals surface area contributed by atoms with Crippen LogP contribution in [0.1, 0.15) is 12.8 Å². The zero-order valence-electron chi connectivity index (χ0n) is 9.16. The van der Waals surface area contributed by atoms with Gasteiger partial charge in [-0.1, -0.05) is 0 Å². The molecule has 0 aliphatic carbocycles. The van der Waals surface area contributed by atoms with Crippen molar-refractivity contribution >= 4 is 22.0 Å². The SMILES string of the molecule is O=C(O)CC[C@@H](NS(=O)(=O)c1cc[nH]c1)C(=O)O. The number of H-pyrrole nitrogens is 1. The van der Waals surface area contributed by atoms with Gasteiger partial charge >= 0.3 is 11.9 Å². The molecule has 0 bridgehead atoms. The molecule has 0 aliphatic heterocycles. The molecule has 1 rings (SSSR count). The number of sulfonamides is 1. The first-order valence-electron chi connectivity index (χ1n) is 4.92. The molecule has 0 unspecified atom stereocenters. The lowest BCUT2D eigenvalue weighted by molar-refractivity contribution is -0.140. The average Bonchev–Trinajstić information content (AvgIpc) is 2.77. The minimum Gasteiger partial charge on any atom is -0.481 e.